The van der Waals surface area contributed by atoms with Crippen LogP contribution < -0.4 is 4.31 Å². The average molecular weight is 368 g/mol. The van der Waals surface area contributed by atoms with Crippen LogP contribution in [0.5, 0.6) is 0 Å². The first kappa shape index (κ1) is 16.8. The summed E-state index contributed by atoms with van der Waals surface area (Å²) < 4.78 is 33.6. The van der Waals surface area contributed by atoms with Gasteiger partial charge >= 0.3 is 0 Å². The van der Waals surface area contributed by atoms with Crippen LogP contribution in [-0.2, 0) is 16.4 Å². The number of aromatic nitrogens is 1. The van der Waals surface area contributed by atoms with Crippen molar-refractivity contribution in [2.24, 2.45) is 0 Å². The van der Waals surface area contributed by atoms with E-state index < -0.39 is 10.0 Å². The molecule has 2 aromatic carbocycles. The van der Waals surface area contributed by atoms with Crippen LogP contribution in [0.4, 0.5) is 5.69 Å². The summed E-state index contributed by atoms with van der Waals surface area (Å²) >= 11 is 0. The maximum atomic E-state index is 13.4. The van der Waals surface area contributed by atoms with E-state index in [1.807, 2.05) is 57.2 Å². The number of rotatable bonds is 3. The number of anilines is 1. The minimum absolute atomic E-state index is 0.103. The Bertz CT molecular complexity index is 1090. The summed E-state index contributed by atoms with van der Waals surface area (Å²) in [5.74, 6) is 0.634. The molecule has 0 bridgehead atoms. The second kappa shape index (κ2) is 5.99. The van der Waals surface area contributed by atoms with Crippen LogP contribution in [0.1, 0.15) is 23.7 Å². The summed E-state index contributed by atoms with van der Waals surface area (Å²) in [5.41, 5.74) is 4.13. The summed E-state index contributed by atoms with van der Waals surface area (Å²) in [7, 11) is -3.64. The highest BCUT2D eigenvalue weighted by molar-refractivity contribution is 7.93. The fourth-order valence-corrected chi connectivity index (χ4v) is 5.50. The summed E-state index contributed by atoms with van der Waals surface area (Å²) in [5, 5.41) is 3.89. The molecule has 0 amide bonds. The lowest BCUT2D eigenvalue weighted by Crippen LogP contribution is -2.36. The Balaban J connectivity index is 1.77. The highest BCUT2D eigenvalue weighted by atomic mass is 32.2. The van der Waals surface area contributed by atoms with Crippen molar-refractivity contribution in [3.05, 3.63) is 65.4 Å². The number of benzene rings is 2. The van der Waals surface area contributed by atoms with Gasteiger partial charge in [0.25, 0.3) is 10.0 Å². The monoisotopic (exact) mass is 368 g/mol. The second-order valence-corrected chi connectivity index (χ2v) is 8.58. The lowest BCUT2D eigenvalue weighted by Gasteiger charge is -2.25. The van der Waals surface area contributed by atoms with Gasteiger partial charge in [0.2, 0.25) is 0 Å². The van der Waals surface area contributed by atoms with Gasteiger partial charge in [-0.25, -0.2) is 8.42 Å². The molecule has 2 heterocycles. The molecule has 26 heavy (non-hydrogen) atoms. The van der Waals surface area contributed by atoms with Crippen LogP contribution in [0.2, 0.25) is 0 Å². The predicted octanol–water partition coefficient (Wildman–Crippen LogP) is 4.10. The summed E-state index contributed by atoms with van der Waals surface area (Å²) in [4.78, 5) is 0.320. The average Bonchev–Trinajstić information content (AvgIpc) is 3.17. The molecule has 1 aromatic heterocycles. The molecule has 0 spiro atoms. The molecule has 5 nitrogen and oxygen atoms in total. The summed E-state index contributed by atoms with van der Waals surface area (Å²) in [6.45, 7) is 5.61. The first-order valence-corrected chi connectivity index (χ1v) is 9.98. The maximum Gasteiger partial charge on any atom is 0.264 e. The normalized spacial score (nSPS) is 16.7. The van der Waals surface area contributed by atoms with Gasteiger partial charge in [0.05, 0.1) is 16.3 Å². The van der Waals surface area contributed by atoms with Crippen molar-refractivity contribution < 1.29 is 12.9 Å². The third-order valence-electron chi connectivity index (χ3n) is 4.77. The fourth-order valence-electron chi connectivity index (χ4n) is 3.60. The standard InChI is InChI=1S/C20H20N2O3S/c1-13-10-17(19-11-14(2)21-25-19)8-9-20(13)26(23,24)22-15(3)12-16-6-4-5-7-18(16)22/h4-11,15H,12H2,1-3H3/t15-/m0/s1. The fraction of sp³-hybridized carbons (Fsp3) is 0.250. The van der Waals surface area contributed by atoms with Crippen molar-refractivity contribution >= 4 is 15.7 Å². The lowest BCUT2D eigenvalue weighted by molar-refractivity contribution is 0.427. The highest BCUT2D eigenvalue weighted by Crippen LogP contribution is 2.37. The van der Waals surface area contributed by atoms with Crippen LogP contribution in [0.15, 0.2) is 57.9 Å². The van der Waals surface area contributed by atoms with Crippen molar-refractivity contribution in [2.45, 2.75) is 38.1 Å². The van der Waals surface area contributed by atoms with Gasteiger partial charge in [-0.3, -0.25) is 4.31 Å². The third-order valence-corrected chi connectivity index (χ3v) is 6.86. The van der Waals surface area contributed by atoms with Crippen molar-refractivity contribution in [1.29, 1.82) is 0 Å². The zero-order chi connectivity index (χ0) is 18.5. The van der Waals surface area contributed by atoms with Crippen molar-refractivity contribution in [3.8, 4) is 11.3 Å². The van der Waals surface area contributed by atoms with Gasteiger partial charge in [0.1, 0.15) is 0 Å². The second-order valence-electron chi connectivity index (χ2n) is 6.80. The van der Waals surface area contributed by atoms with Gasteiger partial charge in [0, 0.05) is 17.7 Å². The minimum Gasteiger partial charge on any atom is -0.356 e. The van der Waals surface area contributed by atoms with Gasteiger partial charge in [-0.2, -0.15) is 0 Å². The molecule has 0 saturated heterocycles. The van der Waals surface area contributed by atoms with Gasteiger partial charge in [0.15, 0.2) is 5.76 Å². The van der Waals surface area contributed by atoms with Crippen LogP contribution in [0, 0.1) is 13.8 Å². The molecule has 6 heteroatoms. The van der Waals surface area contributed by atoms with E-state index in [2.05, 4.69) is 5.16 Å². The minimum atomic E-state index is -3.64. The number of sulfonamides is 1. The molecule has 0 N–H and O–H groups in total. The molecular formula is C20H20N2O3S. The predicted molar refractivity (Wildman–Crippen MR) is 101 cm³/mol. The number of nitrogens with zero attached hydrogens (tertiary/aromatic N) is 2. The van der Waals surface area contributed by atoms with Crippen molar-refractivity contribution in [2.75, 3.05) is 4.31 Å². The molecule has 4 rings (SSSR count). The van der Waals surface area contributed by atoms with Crippen LogP contribution in [0.25, 0.3) is 11.3 Å². The summed E-state index contributed by atoms with van der Waals surface area (Å²) in [6, 6.07) is 14.7. The molecule has 1 atom stereocenters. The smallest absolute Gasteiger partial charge is 0.264 e. The van der Waals surface area contributed by atoms with Gasteiger partial charge in [-0.15, -0.1) is 0 Å². The zero-order valence-corrected chi connectivity index (χ0v) is 15.7. The summed E-state index contributed by atoms with van der Waals surface area (Å²) in [6.07, 6.45) is 0.726. The topological polar surface area (TPSA) is 63.4 Å². The van der Waals surface area contributed by atoms with E-state index in [1.54, 1.807) is 16.4 Å². The molecular weight excluding hydrogens is 348 g/mol. The number of aryl methyl sites for hydroxylation is 2. The van der Waals surface area contributed by atoms with E-state index in [0.717, 1.165) is 28.9 Å². The molecule has 134 valence electrons. The van der Waals surface area contributed by atoms with Crippen molar-refractivity contribution in [3.63, 3.8) is 0 Å². The van der Waals surface area contributed by atoms with E-state index in [9.17, 15) is 8.42 Å². The largest absolute Gasteiger partial charge is 0.356 e. The molecule has 0 saturated carbocycles. The Morgan fingerprint density at radius 3 is 2.58 bits per heavy atom. The molecule has 1 aliphatic heterocycles. The molecule has 0 aliphatic carbocycles. The van der Waals surface area contributed by atoms with Gasteiger partial charge in [-0.05, 0) is 62.6 Å². The van der Waals surface area contributed by atoms with Crippen LogP contribution in [0.3, 0.4) is 0 Å². The Kier molecular flexibility index (Phi) is 3.88. The Morgan fingerprint density at radius 2 is 1.88 bits per heavy atom. The Morgan fingerprint density at radius 1 is 1.12 bits per heavy atom. The quantitative estimate of drug-likeness (QED) is 0.698. The third kappa shape index (κ3) is 2.61. The first-order valence-electron chi connectivity index (χ1n) is 8.54. The van der Waals surface area contributed by atoms with Crippen molar-refractivity contribution in [1.82, 2.24) is 5.16 Å². The molecule has 0 unspecified atom stereocenters. The van der Waals surface area contributed by atoms with E-state index in [0.29, 0.717) is 16.2 Å². The maximum absolute atomic E-state index is 13.4. The SMILES string of the molecule is Cc1cc(-c2ccc(S(=O)(=O)N3c4ccccc4C[C@@H]3C)c(C)c2)on1. The Labute approximate surface area is 153 Å². The lowest BCUT2D eigenvalue weighted by atomic mass is 10.1. The molecule has 3 aromatic rings. The van der Waals surface area contributed by atoms with E-state index >= 15 is 0 Å². The molecule has 0 radical (unpaired) electrons. The number of fused-ring (bicyclic) bond motifs is 1. The van der Waals surface area contributed by atoms with Gasteiger partial charge in [-0.1, -0.05) is 23.4 Å². The van der Waals surface area contributed by atoms with E-state index in [4.69, 9.17) is 4.52 Å². The Hall–Kier alpha value is -2.60. The van der Waals surface area contributed by atoms with E-state index in [1.165, 1.54) is 0 Å². The zero-order valence-electron chi connectivity index (χ0n) is 14.9. The van der Waals surface area contributed by atoms with Crippen LogP contribution in [-0.4, -0.2) is 19.6 Å². The van der Waals surface area contributed by atoms with Gasteiger partial charge < -0.3 is 4.52 Å². The first-order chi connectivity index (χ1) is 12.4. The number of para-hydroxylation sites is 1. The van der Waals surface area contributed by atoms with Crippen LogP contribution >= 0.6 is 0 Å². The number of hydrogen-bond donors (Lipinski definition) is 0. The number of hydrogen-bond acceptors (Lipinski definition) is 4. The van der Waals surface area contributed by atoms with E-state index in [-0.39, 0.29) is 6.04 Å². The highest BCUT2D eigenvalue weighted by Gasteiger charge is 2.36. The molecule has 0 fully saturated rings. The molecule has 1 aliphatic rings.